The number of aryl methyl sites for hydroxylation is 1. The average Bonchev–Trinajstić information content (AvgIpc) is 2.61. The Bertz CT molecular complexity index is 1220. The monoisotopic (exact) mass is 294 g/mol. The SMILES string of the molecule is C[n+]1cc2ccc3ccc4ccccc4c3c2c2ccccc21. The van der Waals surface area contributed by atoms with E-state index in [0.29, 0.717) is 0 Å². The highest BCUT2D eigenvalue weighted by Gasteiger charge is 2.13. The van der Waals surface area contributed by atoms with E-state index in [4.69, 9.17) is 0 Å². The Morgan fingerprint density at radius 2 is 1.17 bits per heavy atom. The van der Waals surface area contributed by atoms with Crippen molar-refractivity contribution in [3.05, 3.63) is 79.0 Å². The fraction of sp³-hybridized carbons (Fsp3) is 0.0455. The Balaban J connectivity index is 2.19. The third kappa shape index (κ3) is 1.71. The van der Waals surface area contributed by atoms with Gasteiger partial charge in [-0.05, 0) is 33.7 Å². The van der Waals surface area contributed by atoms with Gasteiger partial charge >= 0.3 is 0 Å². The standard InChI is InChI=1S/C22H16N/c1-23-14-17-13-12-16-11-10-15-6-2-3-7-18(15)21(16)22(17)19-8-4-5-9-20(19)23/h2-14H,1H3/q+1. The van der Waals surface area contributed by atoms with Crippen LogP contribution in [0.15, 0.2) is 79.0 Å². The molecule has 0 aliphatic heterocycles. The number of aromatic nitrogens is 1. The number of fused-ring (bicyclic) bond motifs is 7. The van der Waals surface area contributed by atoms with Crippen LogP contribution in [-0.2, 0) is 7.05 Å². The van der Waals surface area contributed by atoms with Gasteiger partial charge in [0.25, 0.3) is 0 Å². The van der Waals surface area contributed by atoms with Gasteiger partial charge in [-0.1, -0.05) is 54.6 Å². The number of pyridine rings is 1. The second kappa shape index (κ2) is 4.53. The summed E-state index contributed by atoms with van der Waals surface area (Å²) in [4.78, 5) is 0. The lowest BCUT2D eigenvalue weighted by atomic mass is 9.95. The van der Waals surface area contributed by atoms with E-state index in [1.165, 1.54) is 43.2 Å². The summed E-state index contributed by atoms with van der Waals surface area (Å²) in [5.74, 6) is 0. The first kappa shape index (κ1) is 12.6. The van der Waals surface area contributed by atoms with E-state index in [1.807, 2.05) is 0 Å². The lowest BCUT2D eigenvalue weighted by Crippen LogP contribution is -2.28. The lowest BCUT2D eigenvalue weighted by Gasteiger charge is -2.09. The fourth-order valence-corrected chi connectivity index (χ4v) is 3.78. The molecule has 0 fully saturated rings. The van der Waals surface area contributed by atoms with Crippen LogP contribution in [0.4, 0.5) is 0 Å². The normalized spacial score (nSPS) is 11.7. The summed E-state index contributed by atoms with van der Waals surface area (Å²) in [5.41, 5.74) is 1.26. The molecule has 0 aliphatic carbocycles. The number of hydrogen-bond acceptors (Lipinski definition) is 0. The molecule has 0 saturated carbocycles. The lowest BCUT2D eigenvalue weighted by molar-refractivity contribution is -0.643. The molecule has 5 aromatic rings. The van der Waals surface area contributed by atoms with Crippen LogP contribution < -0.4 is 4.57 Å². The van der Waals surface area contributed by atoms with Crippen LogP contribution in [0.1, 0.15) is 0 Å². The van der Waals surface area contributed by atoms with Crippen molar-refractivity contribution in [2.75, 3.05) is 0 Å². The maximum absolute atomic E-state index is 2.24. The van der Waals surface area contributed by atoms with Crippen molar-refractivity contribution in [2.24, 2.45) is 7.05 Å². The van der Waals surface area contributed by atoms with Gasteiger partial charge in [0.15, 0.2) is 6.20 Å². The van der Waals surface area contributed by atoms with E-state index < -0.39 is 0 Å². The van der Waals surface area contributed by atoms with Gasteiger partial charge in [-0.2, -0.15) is 0 Å². The summed E-state index contributed by atoms with van der Waals surface area (Å²) in [6, 6.07) is 26.3. The van der Waals surface area contributed by atoms with E-state index in [2.05, 4.69) is 90.6 Å². The minimum atomic E-state index is 1.26. The van der Waals surface area contributed by atoms with Crippen molar-refractivity contribution >= 4 is 43.2 Å². The van der Waals surface area contributed by atoms with Gasteiger partial charge in [0.1, 0.15) is 7.05 Å². The minimum absolute atomic E-state index is 1.26. The highest BCUT2D eigenvalue weighted by Crippen LogP contribution is 2.35. The van der Waals surface area contributed by atoms with Crippen LogP contribution in [0.25, 0.3) is 43.2 Å². The zero-order chi connectivity index (χ0) is 15.4. The van der Waals surface area contributed by atoms with Crippen molar-refractivity contribution in [2.45, 2.75) is 0 Å². The maximum atomic E-state index is 2.24. The summed E-state index contributed by atoms with van der Waals surface area (Å²) in [5, 5.41) is 9.24. The molecule has 23 heavy (non-hydrogen) atoms. The molecule has 0 amide bonds. The Kier molecular flexibility index (Phi) is 2.48. The summed E-state index contributed by atoms with van der Waals surface area (Å²) in [6.45, 7) is 0. The van der Waals surface area contributed by atoms with Gasteiger partial charge in [0.2, 0.25) is 5.52 Å². The van der Waals surface area contributed by atoms with E-state index in [0.717, 1.165) is 0 Å². The van der Waals surface area contributed by atoms with Crippen molar-refractivity contribution in [1.82, 2.24) is 0 Å². The molecular weight excluding hydrogens is 278 g/mol. The molecule has 0 spiro atoms. The van der Waals surface area contributed by atoms with Crippen molar-refractivity contribution in [1.29, 1.82) is 0 Å². The van der Waals surface area contributed by atoms with Gasteiger partial charge < -0.3 is 0 Å². The van der Waals surface area contributed by atoms with Crippen molar-refractivity contribution < 1.29 is 4.57 Å². The van der Waals surface area contributed by atoms with Gasteiger partial charge in [-0.25, -0.2) is 4.57 Å². The maximum Gasteiger partial charge on any atom is 0.212 e. The van der Waals surface area contributed by atoms with Crippen LogP contribution in [0.5, 0.6) is 0 Å². The summed E-state index contributed by atoms with van der Waals surface area (Å²) >= 11 is 0. The summed E-state index contributed by atoms with van der Waals surface area (Å²) in [6.07, 6.45) is 2.24. The Morgan fingerprint density at radius 1 is 0.565 bits per heavy atom. The number of benzene rings is 4. The summed E-state index contributed by atoms with van der Waals surface area (Å²) < 4.78 is 2.22. The second-order valence-electron chi connectivity index (χ2n) is 6.17. The number of hydrogen-bond donors (Lipinski definition) is 0. The smallest absolute Gasteiger partial charge is 0.200 e. The molecule has 1 aromatic heterocycles. The largest absolute Gasteiger partial charge is 0.212 e. The number of nitrogens with zero attached hydrogens (tertiary/aromatic N) is 1. The molecule has 0 unspecified atom stereocenters. The van der Waals surface area contributed by atoms with Crippen LogP contribution in [0.3, 0.4) is 0 Å². The summed E-state index contributed by atoms with van der Waals surface area (Å²) in [7, 11) is 2.12. The Morgan fingerprint density at radius 3 is 2.04 bits per heavy atom. The molecule has 0 saturated heterocycles. The zero-order valence-electron chi connectivity index (χ0n) is 13.0. The zero-order valence-corrected chi connectivity index (χ0v) is 13.0. The van der Waals surface area contributed by atoms with E-state index in [-0.39, 0.29) is 0 Å². The van der Waals surface area contributed by atoms with Crippen LogP contribution >= 0.6 is 0 Å². The predicted octanol–water partition coefficient (Wildman–Crippen LogP) is 5.12. The van der Waals surface area contributed by atoms with Crippen LogP contribution in [0, 0.1) is 0 Å². The van der Waals surface area contributed by atoms with E-state index >= 15 is 0 Å². The molecule has 0 N–H and O–H groups in total. The van der Waals surface area contributed by atoms with Gasteiger partial charge in [-0.15, -0.1) is 0 Å². The third-order valence-electron chi connectivity index (χ3n) is 4.83. The van der Waals surface area contributed by atoms with E-state index in [9.17, 15) is 0 Å². The van der Waals surface area contributed by atoms with Gasteiger partial charge in [-0.3, -0.25) is 0 Å². The molecule has 1 heterocycles. The first-order valence-corrected chi connectivity index (χ1v) is 7.94. The predicted molar refractivity (Wildman–Crippen MR) is 97.6 cm³/mol. The Labute approximate surface area is 134 Å². The molecule has 0 atom stereocenters. The molecular formula is C22H16N+. The van der Waals surface area contributed by atoms with E-state index in [1.54, 1.807) is 0 Å². The molecule has 0 bridgehead atoms. The molecule has 5 rings (SSSR count). The molecule has 1 nitrogen and oxygen atoms in total. The molecule has 0 aliphatic rings. The van der Waals surface area contributed by atoms with Crippen molar-refractivity contribution in [3.63, 3.8) is 0 Å². The molecule has 0 radical (unpaired) electrons. The van der Waals surface area contributed by atoms with Gasteiger partial charge in [0.05, 0.1) is 5.39 Å². The fourth-order valence-electron chi connectivity index (χ4n) is 3.78. The quantitative estimate of drug-likeness (QED) is 0.275. The first-order chi connectivity index (χ1) is 11.3. The van der Waals surface area contributed by atoms with Crippen LogP contribution in [-0.4, -0.2) is 0 Å². The first-order valence-electron chi connectivity index (χ1n) is 7.94. The highest BCUT2D eigenvalue weighted by molar-refractivity contribution is 6.26. The molecule has 108 valence electrons. The number of rotatable bonds is 0. The molecule has 4 aromatic carbocycles. The van der Waals surface area contributed by atoms with Gasteiger partial charge in [0, 0.05) is 16.8 Å². The third-order valence-corrected chi connectivity index (χ3v) is 4.83. The highest BCUT2D eigenvalue weighted by atomic mass is 14.9. The average molecular weight is 294 g/mol. The molecule has 1 heteroatoms. The Hall–Kier alpha value is -2.93. The number of para-hydroxylation sites is 1. The minimum Gasteiger partial charge on any atom is -0.200 e. The van der Waals surface area contributed by atoms with Crippen LogP contribution in [0.2, 0.25) is 0 Å². The topological polar surface area (TPSA) is 3.88 Å². The second-order valence-corrected chi connectivity index (χ2v) is 6.17. The van der Waals surface area contributed by atoms with Crippen molar-refractivity contribution in [3.8, 4) is 0 Å².